The number of rotatable bonds is 2. The summed E-state index contributed by atoms with van der Waals surface area (Å²) in [5, 5.41) is 3.52. The lowest BCUT2D eigenvalue weighted by Crippen LogP contribution is -2.29. The van der Waals surface area contributed by atoms with Gasteiger partial charge in [0.1, 0.15) is 0 Å². The van der Waals surface area contributed by atoms with Crippen LogP contribution < -0.4 is 10.2 Å². The second kappa shape index (κ2) is 5.68. The molecule has 0 atom stereocenters. The van der Waals surface area contributed by atoms with Crippen LogP contribution in [0.5, 0.6) is 0 Å². The molecule has 0 fully saturated rings. The van der Waals surface area contributed by atoms with Crippen LogP contribution in [-0.2, 0) is 13.1 Å². The van der Waals surface area contributed by atoms with E-state index < -0.39 is 0 Å². The van der Waals surface area contributed by atoms with Crippen molar-refractivity contribution in [2.45, 2.75) is 26.9 Å². The van der Waals surface area contributed by atoms with E-state index >= 15 is 0 Å². The Kier molecular flexibility index (Phi) is 3.75. The molecule has 0 radical (unpaired) electrons. The Balaban J connectivity index is 1.96. The molecule has 1 aliphatic heterocycles. The molecule has 20 heavy (non-hydrogen) atoms. The summed E-state index contributed by atoms with van der Waals surface area (Å²) in [6, 6.07) is 15.3. The number of hydrogen-bond donors (Lipinski definition) is 1. The molecule has 2 heteroatoms. The SMILES string of the molecule is Cc1ccccc1CN1CCNCc2cccc(C)c21. The van der Waals surface area contributed by atoms with E-state index in [0.29, 0.717) is 0 Å². The fourth-order valence-corrected chi connectivity index (χ4v) is 3.01. The lowest BCUT2D eigenvalue weighted by atomic mass is 10.0. The third kappa shape index (κ3) is 2.56. The normalized spacial score (nSPS) is 14.8. The minimum absolute atomic E-state index is 0.973. The van der Waals surface area contributed by atoms with Crippen molar-refractivity contribution in [3.63, 3.8) is 0 Å². The maximum Gasteiger partial charge on any atom is 0.0445 e. The van der Waals surface area contributed by atoms with Gasteiger partial charge >= 0.3 is 0 Å². The molecule has 2 aromatic carbocycles. The Morgan fingerprint density at radius 1 is 1.00 bits per heavy atom. The van der Waals surface area contributed by atoms with Crippen LogP contribution in [0.1, 0.15) is 22.3 Å². The van der Waals surface area contributed by atoms with Gasteiger partial charge in [0.25, 0.3) is 0 Å². The third-order valence-corrected chi connectivity index (χ3v) is 4.13. The van der Waals surface area contributed by atoms with Gasteiger partial charge in [-0.1, -0.05) is 42.5 Å². The zero-order chi connectivity index (χ0) is 13.9. The average Bonchev–Trinajstić information content (AvgIpc) is 2.65. The minimum atomic E-state index is 0.973. The van der Waals surface area contributed by atoms with Gasteiger partial charge in [-0.2, -0.15) is 0 Å². The van der Waals surface area contributed by atoms with Crippen LogP contribution in [0.15, 0.2) is 42.5 Å². The Morgan fingerprint density at radius 2 is 1.80 bits per heavy atom. The van der Waals surface area contributed by atoms with E-state index in [1.54, 1.807) is 0 Å². The quantitative estimate of drug-likeness (QED) is 0.896. The van der Waals surface area contributed by atoms with Crippen molar-refractivity contribution in [3.05, 3.63) is 64.7 Å². The first-order chi connectivity index (χ1) is 9.75. The van der Waals surface area contributed by atoms with E-state index in [1.165, 1.54) is 27.9 Å². The monoisotopic (exact) mass is 266 g/mol. The Bertz CT molecular complexity index is 604. The number of anilines is 1. The van der Waals surface area contributed by atoms with Crippen molar-refractivity contribution >= 4 is 5.69 Å². The molecule has 2 nitrogen and oxygen atoms in total. The molecule has 0 unspecified atom stereocenters. The summed E-state index contributed by atoms with van der Waals surface area (Å²) in [6.45, 7) is 8.48. The van der Waals surface area contributed by atoms with Gasteiger partial charge < -0.3 is 10.2 Å². The first-order valence-electron chi connectivity index (χ1n) is 7.34. The molecule has 1 aliphatic rings. The summed E-state index contributed by atoms with van der Waals surface area (Å²) in [7, 11) is 0. The minimum Gasteiger partial charge on any atom is -0.365 e. The zero-order valence-corrected chi connectivity index (χ0v) is 12.3. The van der Waals surface area contributed by atoms with Crippen LogP contribution in [-0.4, -0.2) is 13.1 Å². The number of para-hydroxylation sites is 1. The van der Waals surface area contributed by atoms with Crippen molar-refractivity contribution in [2.75, 3.05) is 18.0 Å². The highest BCUT2D eigenvalue weighted by Crippen LogP contribution is 2.28. The predicted molar refractivity (Wildman–Crippen MR) is 85.1 cm³/mol. The molecule has 0 aliphatic carbocycles. The van der Waals surface area contributed by atoms with Crippen LogP contribution in [0.3, 0.4) is 0 Å². The Hall–Kier alpha value is -1.80. The summed E-state index contributed by atoms with van der Waals surface area (Å²) in [5.74, 6) is 0. The maximum atomic E-state index is 3.52. The van der Waals surface area contributed by atoms with Gasteiger partial charge in [-0.25, -0.2) is 0 Å². The van der Waals surface area contributed by atoms with E-state index in [4.69, 9.17) is 0 Å². The van der Waals surface area contributed by atoms with E-state index in [9.17, 15) is 0 Å². The molecule has 2 aromatic rings. The summed E-state index contributed by atoms with van der Waals surface area (Å²) in [4.78, 5) is 2.52. The molecule has 0 bridgehead atoms. The lowest BCUT2D eigenvalue weighted by Gasteiger charge is -2.27. The van der Waals surface area contributed by atoms with E-state index in [2.05, 4.69) is 66.5 Å². The fourth-order valence-electron chi connectivity index (χ4n) is 3.01. The van der Waals surface area contributed by atoms with Crippen LogP contribution in [0.2, 0.25) is 0 Å². The van der Waals surface area contributed by atoms with E-state index in [1.807, 2.05) is 0 Å². The molecular formula is C18H22N2. The molecule has 0 amide bonds. The van der Waals surface area contributed by atoms with Gasteiger partial charge in [-0.15, -0.1) is 0 Å². The molecular weight excluding hydrogens is 244 g/mol. The largest absolute Gasteiger partial charge is 0.365 e. The second-order valence-electron chi connectivity index (χ2n) is 5.61. The highest BCUT2D eigenvalue weighted by molar-refractivity contribution is 5.60. The van der Waals surface area contributed by atoms with Crippen LogP contribution in [0.4, 0.5) is 5.69 Å². The van der Waals surface area contributed by atoms with Crippen molar-refractivity contribution in [2.24, 2.45) is 0 Å². The van der Waals surface area contributed by atoms with E-state index in [0.717, 1.165) is 26.2 Å². The topological polar surface area (TPSA) is 15.3 Å². The molecule has 1 heterocycles. The summed E-state index contributed by atoms with van der Waals surface area (Å²) >= 11 is 0. The smallest absolute Gasteiger partial charge is 0.0445 e. The number of fused-ring (bicyclic) bond motifs is 1. The van der Waals surface area contributed by atoms with Gasteiger partial charge in [-0.05, 0) is 36.1 Å². The van der Waals surface area contributed by atoms with Crippen molar-refractivity contribution in [1.82, 2.24) is 5.32 Å². The van der Waals surface area contributed by atoms with E-state index in [-0.39, 0.29) is 0 Å². The first kappa shape index (κ1) is 13.2. The van der Waals surface area contributed by atoms with Crippen molar-refractivity contribution < 1.29 is 0 Å². The van der Waals surface area contributed by atoms with Crippen molar-refractivity contribution in [1.29, 1.82) is 0 Å². The average molecular weight is 266 g/mol. The van der Waals surface area contributed by atoms with Crippen molar-refractivity contribution in [3.8, 4) is 0 Å². The van der Waals surface area contributed by atoms with Crippen LogP contribution >= 0.6 is 0 Å². The first-order valence-corrected chi connectivity index (χ1v) is 7.34. The molecule has 1 N–H and O–H groups in total. The summed E-state index contributed by atoms with van der Waals surface area (Å²) in [5.41, 5.74) is 7.00. The van der Waals surface area contributed by atoms with Gasteiger partial charge in [0.2, 0.25) is 0 Å². The zero-order valence-electron chi connectivity index (χ0n) is 12.3. The number of nitrogens with one attached hydrogen (secondary N) is 1. The van der Waals surface area contributed by atoms with Gasteiger partial charge in [-0.3, -0.25) is 0 Å². The highest BCUT2D eigenvalue weighted by Gasteiger charge is 2.17. The van der Waals surface area contributed by atoms with Crippen LogP contribution in [0.25, 0.3) is 0 Å². The number of benzene rings is 2. The lowest BCUT2D eigenvalue weighted by molar-refractivity contribution is 0.687. The standard InChI is InChI=1S/C18H22N2/c1-14-6-3-4-8-17(14)13-20-11-10-19-12-16-9-5-7-15(2)18(16)20/h3-9,19H,10-13H2,1-2H3. The van der Waals surface area contributed by atoms with Gasteiger partial charge in [0.05, 0.1) is 0 Å². The molecule has 0 spiro atoms. The van der Waals surface area contributed by atoms with Gasteiger partial charge in [0, 0.05) is 31.9 Å². The molecule has 0 saturated heterocycles. The summed E-state index contributed by atoms with van der Waals surface area (Å²) < 4.78 is 0. The maximum absolute atomic E-state index is 3.52. The van der Waals surface area contributed by atoms with Crippen LogP contribution in [0, 0.1) is 13.8 Å². The number of nitrogens with zero attached hydrogens (tertiary/aromatic N) is 1. The predicted octanol–water partition coefficient (Wildman–Crippen LogP) is 3.41. The fraction of sp³-hybridized carbons (Fsp3) is 0.333. The second-order valence-corrected chi connectivity index (χ2v) is 5.61. The number of hydrogen-bond acceptors (Lipinski definition) is 2. The molecule has 104 valence electrons. The summed E-state index contributed by atoms with van der Waals surface area (Å²) in [6.07, 6.45) is 0. The highest BCUT2D eigenvalue weighted by atomic mass is 15.2. The Morgan fingerprint density at radius 3 is 2.65 bits per heavy atom. The Labute approximate surface area is 121 Å². The molecule has 0 saturated carbocycles. The number of aryl methyl sites for hydroxylation is 2. The molecule has 3 rings (SSSR count). The van der Waals surface area contributed by atoms with Gasteiger partial charge in [0.15, 0.2) is 0 Å². The molecule has 0 aromatic heterocycles. The third-order valence-electron chi connectivity index (χ3n) is 4.13.